The van der Waals surface area contributed by atoms with Gasteiger partial charge in [0.1, 0.15) is 0 Å². The van der Waals surface area contributed by atoms with Crippen LogP contribution in [0.4, 0.5) is 0 Å². The molecule has 8 nitrogen and oxygen atoms in total. The van der Waals surface area contributed by atoms with Crippen LogP contribution in [0.25, 0.3) is 0 Å². The first-order valence-electron chi connectivity index (χ1n) is 4.52. The molecular formula is C7H14O8S2. The first kappa shape index (κ1) is 16.3. The standard InChI is InChI=1S/C7H14O8S2/c1-4-6(16(9,10)11)17(12,13)15-5(2)7(8)14-3/h5-6H,4H2,1-3H3,(H,9,10,11). The minimum atomic E-state index is -4.82. The highest BCUT2D eigenvalue weighted by Gasteiger charge is 2.38. The van der Waals surface area contributed by atoms with Gasteiger partial charge in [-0.05, 0) is 13.3 Å². The summed E-state index contributed by atoms with van der Waals surface area (Å²) in [6.45, 7) is 2.32. The third kappa shape index (κ3) is 4.58. The Morgan fingerprint density at radius 1 is 1.29 bits per heavy atom. The molecule has 0 heterocycles. The number of esters is 1. The van der Waals surface area contributed by atoms with E-state index in [0.717, 1.165) is 14.0 Å². The Morgan fingerprint density at radius 3 is 2.06 bits per heavy atom. The summed E-state index contributed by atoms with van der Waals surface area (Å²) in [7, 11) is -8.42. The molecular weight excluding hydrogens is 276 g/mol. The maximum Gasteiger partial charge on any atom is 0.336 e. The van der Waals surface area contributed by atoms with E-state index in [-0.39, 0.29) is 0 Å². The van der Waals surface area contributed by atoms with E-state index < -0.39 is 43.3 Å². The van der Waals surface area contributed by atoms with Gasteiger partial charge in [-0.3, -0.25) is 8.74 Å². The number of hydrogen-bond acceptors (Lipinski definition) is 7. The van der Waals surface area contributed by atoms with Gasteiger partial charge < -0.3 is 4.74 Å². The minimum absolute atomic E-state index is 0.408. The van der Waals surface area contributed by atoms with Crippen molar-refractivity contribution >= 4 is 26.2 Å². The molecule has 2 unspecified atom stereocenters. The summed E-state index contributed by atoms with van der Waals surface area (Å²) in [6, 6.07) is 0. The molecule has 0 saturated carbocycles. The van der Waals surface area contributed by atoms with E-state index in [9.17, 15) is 21.6 Å². The molecule has 0 aliphatic carbocycles. The van der Waals surface area contributed by atoms with E-state index in [2.05, 4.69) is 8.92 Å². The van der Waals surface area contributed by atoms with Crippen LogP contribution in [0.5, 0.6) is 0 Å². The maximum atomic E-state index is 11.5. The fraction of sp³-hybridized carbons (Fsp3) is 0.857. The second kappa shape index (κ2) is 5.76. The summed E-state index contributed by atoms with van der Waals surface area (Å²) in [5, 5.41) is 0. The lowest BCUT2D eigenvalue weighted by molar-refractivity contribution is -0.147. The predicted octanol–water partition coefficient (Wildman–Crippen LogP) is -0.482. The SMILES string of the molecule is CCC(S(=O)(=O)O)S(=O)(=O)OC(C)C(=O)OC. The zero-order chi connectivity index (χ0) is 13.9. The molecule has 0 saturated heterocycles. The zero-order valence-electron chi connectivity index (χ0n) is 9.48. The second-order valence-electron chi connectivity index (χ2n) is 3.11. The lowest BCUT2D eigenvalue weighted by atomic mass is 10.4. The van der Waals surface area contributed by atoms with Gasteiger partial charge in [0.15, 0.2) is 6.10 Å². The van der Waals surface area contributed by atoms with E-state index in [1.54, 1.807) is 0 Å². The van der Waals surface area contributed by atoms with Crippen LogP contribution in [0.1, 0.15) is 20.3 Å². The van der Waals surface area contributed by atoms with E-state index in [0.29, 0.717) is 0 Å². The summed E-state index contributed by atoms with van der Waals surface area (Å²) >= 11 is 0. The van der Waals surface area contributed by atoms with Crippen LogP contribution in [0.2, 0.25) is 0 Å². The molecule has 0 bridgehead atoms. The Labute approximate surface area is 99.8 Å². The number of rotatable bonds is 6. The van der Waals surface area contributed by atoms with Crippen LogP contribution in [-0.2, 0) is 34.0 Å². The van der Waals surface area contributed by atoms with Gasteiger partial charge >= 0.3 is 5.97 Å². The molecule has 0 aromatic heterocycles. The van der Waals surface area contributed by atoms with Gasteiger partial charge in [-0.1, -0.05) is 6.92 Å². The number of carbonyl (C=O) groups excluding carboxylic acids is 1. The quantitative estimate of drug-likeness (QED) is 0.395. The van der Waals surface area contributed by atoms with Crippen molar-refractivity contribution in [1.82, 2.24) is 0 Å². The third-order valence-electron chi connectivity index (χ3n) is 1.80. The Kier molecular flexibility index (Phi) is 5.52. The average molecular weight is 290 g/mol. The lowest BCUT2D eigenvalue weighted by Crippen LogP contribution is -2.35. The van der Waals surface area contributed by atoms with Gasteiger partial charge in [-0.15, -0.1) is 0 Å². The van der Waals surface area contributed by atoms with Crippen LogP contribution in [0.15, 0.2) is 0 Å². The van der Waals surface area contributed by atoms with Gasteiger partial charge in [-0.25, -0.2) is 4.79 Å². The smallest absolute Gasteiger partial charge is 0.336 e. The van der Waals surface area contributed by atoms with Crippen LogP contribution in [-0.4, -0.2) is 45.2 Å². The minimum Gasteiger partial charge on any atom is -0.467 e. The van der Waals surface area contributed by atoms with Crippen molar-refractivity contribution in [1.29, 1.82) is 0 Å². The Balaban J connectivity index is 5.10. The van der Waals surface area contributed by atoms with E-state index in [4.69, 9.17) is 4.55 Å². The van der Waals surface area contributed by atoms with Gasteiger partial charge in [0, 0.05) is 0 Å². The third-order valence-corrected chi connectivity index (χ3v) is 5.77. The first-order valence-corrected chi connectivity index (χ1v) is 7.50. The Morgan fingerprint density at radius 2 is 1.76 bits per heavy atom. The average Bonchev–Trinajstić information content (AvgIpc) is 2.13. The van der Waals surface area contributed by atoms with E-state index in [1.165, 1.54) is 6.92 Å². The largest absolute Gasteiger partial charge is 0.467 e. The summed E-state index contributed by atoms with van der Waals surface area (Å²) in [4.78, 5) is 10.9. The summed E-state index contributed by atoms with van der Waals surface area (Å²) in [5.74, 6) is -0.973. The monoisotopic (exact) mass is 290 g/mol. The highest BCUT2D eigenvalue weighted by atomic mass is 32.3. The summed E-state index contributed by atoms with van der Waals surface area (Å²) < 4.78 is 59.7. The zero-order valence-corrected chi connectivity index (χ0v) is 11.1. The van der Waals surface area contributed by atoms with Crippen molar-refractivity contribution in [2.24, 2.45) is 0 Å². The fourth-order valence-electron chi connectivity index (χ4n) is 1.03. The highest BCUT2D eigenvalue weighted by molar-refractivity contribution is 8.04. The number of methoxy groups -OCH3 is 1. The van der Waals surface area contributed by atoms with Crippen LogP contribution >= 0.6 is 0 Å². The predicted molar refractivity (Wildman–Crippen MR) is 57.1 cm³/mol. The molecule has 0 aromatic carbocycles. The van der Waals surface area contributed by atoms with Gasteiger partial charge in [0.25, 0.3) is 20.2 Å². The lowest BCUT2D eigenvalue weighted by Gasteiger charge is -2.15. The van der Waals surface area contributed by atoms with Crippen molar-refractivity contribution in [3.63, 3.8) is 0 Å². The van der Waals surface area contributed by atoms with Crippen LogP contribution < -0.4 is 0 Å². The molecule has 102 valence electrons. The molecule has 2 atom stereocenters. The molecule has 0 rings (SSSR count). The van der Waals surface area contributed by atoms with E-state index >= 15 is 0 Å². The Bertz CT molecular complexity index is 462. The molecule has 0 aromatic rings. The summed E-state index contributed by atoms with van der Waals surface area (Å²) in [5.41, 5.74) is 0. The molecule has 0 aliphatic rings. The number of hydrogen-bond donors (Lipinski definition) is 1. The van der Waals surface area contributed by atoms with Gasteiger partial charge in [0.05, 0.1) is 7.11 Å². The topological polar surface area (TPSA) is 124 Å². The first-order chi connectivity index (χ1) is 7.56. The summed E-state index contributed by atoms with van der Waals surface area (Å²) in [6.07, 6.45) is -1.89. The van der Waals surface area contributed by atoms with Crippen molar-refractivity contribution < 1.29 is 35.1 Å². The van der Waals surface area contributed by atoms with Crippen molar-refractivity contribution in [2.75, 3.05) is 7.11 Å². The van der Waals surface area contributed by atoms with Crippen molar-refractivity contribution in [2.45, 2.75) is 31.0 Å². The molecule has 0 aliphatic heterocycles. The van der Waals surface area contributed by atoms with E-state index in [1.807, 2.05) is 0 Å². The van der Waals surface area contributed by atoms with Crippen molar-refractivity contribution in [3.05, 3.63) is 0 Å². The molecule has 0 fully saturated rings. The van der Waals surface area contributed by atoms with Crippen molar-refractivity contribution in [3.8, 4) is 0 Å². The van der Waals surface area contributed by atoms with Crippen LogP contribution in [0, 0.1) is 0 Å². The number of carbonyl (C=O) groups is 1. The molecule has 17 heavy (non-hydrogen) atoms. The van der Waals surface area contributed by atoms with Gasteiger partial charge in [0.2, 0.25) is 4.58 Å². The molecule has 0 amide bonds. The fourth-order valence-corrected chi connectivity index (χ4v) is 3.79. The Hall–Kier alpha value is -0.710. The van der Waals surface area contributed by atoms with Crippen LogP contribution in [0.3, 0.4) is 0 Å². The normalized spacial score (nSPS) is 16.2. The highest BCUT2D eigenvalue weighted by Crippen LogP contribution is 2.16. The maximum absolute atomic E-state index is 11.5. The number of ether oxygens (including phenoxy) is 1. The molecule has 0 spiro atoms. The molecule has 10 heteroatoms. The molecule has 0 radical (unpaired) electrons. The molecule has 1 N–H and O–H groups in total. The second-order valence-corrected chi connectivity index (χ2v) is 6.75. The van der Waals surface area contributed by atoms with Gasteiger partial charge in [-0.2, -0.15) is 16.8 Å².